The molecule has 0 aliphatic heterocycles. The van der Waals surface area contributed by atoms with Crippen molar-refractivity contribution in [1.82, 2.24) is 10.3 Å². The highest BCUT2D eigenvalue weighted by Crippen LogP contribution is 2.09. The summed E-state index contributed by atoms with van der Waals surface area (Å²) in [6.07, 6.45) is 3.30. The molecule has 1 aromatic heterocycles. The Morgan fingerprint density at radius 3 is 2.88 bits per heavy atom. The number of carbonyl (C=O) groups is 1. The van der Waals surface area contributed by atoms with Crippen LogP contribution in [0.5, 0.6) is 0 Å². The zero-order chi connectivity index (χ0) is 12.8. The first-order chi connectivity index (χ1) is 7.97. The smallest absolute Gasteiger partial charge is 0.244 e. The van der Waals surface area contributed by atoms with Gasteiger partial charge in [-0.25, -0.2) is 4.98 Å². The van der Waals surface area contributed by atoms with E-state index in [1.54, 1.807) is 24.3 Å². The van der Waals surface area contributed by atoms with Gasteiger partial charge in [0, 0.05) is 17.5 Å². The number of nitrogens with one attached hydrogen (secondary N) is 1. The van der Waals surface area contributed by atoms with Crippen LogP contribution in [0.3, 0.4) is 0 Å². The second kappa shape index (κ2) is 6.51. The van der Waals surface area contributed by atoms with Crippen LogP contribution in [0.1, 0.15) is 31.0 Å². The summed E-state index contributed by atoms with van der Waals surface area (Å²) >= 11 is 1.55. The molecular weight excluding hydrogens is 236 g/mol. The van der Waals surface area contributed by atoms with Crippen molar-refractivity contribution in [1.29, 1.82) is 0 Å². The zero-order valence-electron chi connectivity index (χ0n) is 10.3. The quantitative estimate of drug-likeness (QED) is 0.787. The summed E-state index contributed by atoms with van der Waals surface area (Å²) in [6, 6.07) is -0.0377. The van der Waals surface area contributed by atoms with Crippen molar-refractivity contribution < 1.29 is 9.90 Å². The molecule has 0 bridgehead atoms. The van der Waals surface area contributed by atoms with Gasteiger partial charge in [-0.05, 0) is 33.3 Å². The van der Waals surface area contributed by atoms with E-state index in [4.69, 9.17) is 5.11 Å². The van der Waals surface area contributed by atoms with Gasteiger partial charge in [-0.3, -0.25) is 4.79 Å². The molecule has 1 aromatic rings. The fourth-order valence-corrected chi connectivity index (χ4v) is 2.06. The van der Waals surface area contributed by atoms with Crippen molar-refractivity contribution in [2.75, 3.05) is 0 Å². The predicted octanol–water partition coefficient (Wildman–Crippen LogP) is 1.74. The molecule has 0 saturated carbocycles. The Kier molecular flexibility index (Phi) is 5.31. The highest BCUT2D eigenvalue weighted by atomic mass is 32.1. The second-order valence-corrected chi connectivity index (χ2v) is 5.18. The van der Waals surface area contributed by atoms with Gasteiger partial charge in [0.2, 0.25) is 5.91 Å². The fraction of sp³-hybridized carbons (Fsp3) is 0.500. The van der Waals surface area contributed by atoms with E-state index in [1.165, 1.54) is 6.08 Å². The molecule has 0 saturated heterocycles. The van der Waals surface area contributed by atoms with Crippen molar-refractivity contribution in [3.05, 3.63) is 22.2 Å². The third-order valence-corrected chi connectivity index (χ3v) is 2.92. The van der Waals surface area contributed by atoms with Crippen LogP contribution in [0, 0.1) is 6.92 Å². The topological polar surface area (TPSA) is 62.2 Å². The van der Waals surface area contributed by atoms with E-state index in [1.807, 2.05) is 19.2 Å². The molecule has 94 valence electrons. The Morgan fingerprint density at radius 1 is 1.65 bits per heavy atom. The number of nitrogens with zero attached hydrogens (tertiary/aromatic N) is 1. The Balaban J connectivity index is 2.41. The third-order valence-electron chi connectivity index (χ3n) is 2.13. The lowest BCUT2D eigenvalue weighted by atomic mass is 10.1. The average molecular weight is 254 g/mol. The van der Waals surface area contributed by atoms with E-state index in [9.17, 15) is 4.79 Å². The molecule has 4 nitrogen and oxygen atoms in total. The predicted molar refractivity (Wildman–Crippen MR) is 69.8 cm³/mol. The van der Waals surface area contributed by atoms with Crippen LogP contribution in [-0.4, -0.2) is 28.1 Å². The summed E-state index contributed by atoms with van der Waals surface area (Å²) < 4.78 is 0. The van der Waals surface area contributed by atoms with Crippen molar-refractivity contribution in [3.8, 4) is 0 Å². The monoisotopic (exact) mass is 254 g/mol. The molecule has 0 aliphatic rings. The Bertz CT molecular complexity index is 399. The molecule has 0 aromatic carbocycles. The Hall–Kier alpha value is -1.20. The molecule has 0 radical (unpaired) electrons. The van der Waals surface area contributed by atoms with Gasteiger partial charge in [0.05, 0.1) is 16.8 Å². The number of hydrogen-bond donors (Lipinski definition) is 2. The molecule has 2 N–H and O–H groups in total. The van der Waals surface area contributed by atoms with Gasteiger partial charge in [0.25, 0.3) is 0 Å². The highest BCUT2D eigenvalue weighted by molar-refractivity contribution is 7.09. The lowest BCUT2D eigenvalue weighted by Gasteiger charge is -2.13. The van der Waals surface area contributed by atoms with Gasteiger partial charge < -0.3 is 10.4 Å². The molecule has 0 fully saturated rings. The first kappa shape index (κ1) is 13.9. The Labute approximate surface area is 105 Å². The van der Waals surface area contributed by atoms with Gasteiger partial charge in [0.15, 0.2) is 0 Å². The number of aryl methyl sites for hydroxylation is 1. The van der Waals surface area contributed by atoms with Crippen LogP contribution in [0.15, 0.2) is 11.5 Å². The molecule has 0 spiro atoms. The fourth-order valence-electron chi connectivity index (χ4n) is 1.48. The van der Waals surface area contributed by atoms with Crippen LogP contribution in [0.2, 0.25) is 0 Å². The zero-order valence-corrected chi connectivity index (χ0v) is 11.1. The highest BCUT2D eigenvalue weighted by Gasteiger charge is 2.07. The molecule has 1 rings (SSSR count). The first-order valence-electron chi connectivity index (χ1n) is 5.56. The number of rotatable bonds is 5. The number of carbonyl (C=O) groups excluding carboxylic acids is 1. The lowest BCUT2D eigenvalue weighted by Crippen LogP contribution is -2.33. The maximum absolute atomic E-state index is 11.5. The van der Waals surface area contributed by atoms with Gasteiger partial charge >= 0.3 is 0 Å². The number of aliphatic hydroxyl groups is 1. The third kappa shape index (κ3) is 5.60. The molecule has 0 aliphatic carbocycles. The average Bonchev–Trinajstić information content (AvgIpc) is 2.59. The minimum Gasteiger partial charge on any atom is -0.393 e. The van der Waals surface area contributed by atoms with Crippen molar-refractivity contribution in [3.63, 3.8) is 0 Å². The molecule has 2 atom stereocenters. The van der Waals surface area contributed by atoms with Gasteiger partial charge in [-0.1, -0.05) is 0 Å². The van der Waals surface area contributed by atoms with Crippen molar-refractivity contribution in [2.45, 2.75) is 39.3 Å². The molecule has 5 heteroatoms. The van der Waals surface area contributed by atoms with Crippen molar-refractivity contribution >= 4 is 23.3 Å². The SMILES string of the molecule is Cc1nc(/C=C/C(=O)NC(C)CC(C)O)cs1. The van der Waals surface area contributed by atoms with Crippen molar-refractivity contribution in [2.24, 2.45) is 0 Å². The summed E-state index contributed by atoms with van der Waals surface area (Å²) in [6.45, 7) is 5.49. The van der Waals surface area contributed by atoms with Crippen LogP contribution in [0.4, 0.5) is 0 Å². The summed E-state index contributed by atoms with van der Waals surface area (Å²) in [5.74, 6) is -0.163. The Morgan fingerprint density at radius 2 is 2.35 bits per heavy atom. The maximum Gasteiger partial charge on any atom is 0.244 e. The summed E-state index contributed by atoms with van der Waals surface area (Å²) in [5, 5.41) is 14.8. The van der Waals surface area contributed by atoms with E-state index in [2.05, 4.69) is 10.3 Å². The minimum atomic E-state index is -0.407. The van der Waals surface area contributed by atoms with E-state index < -0.39 is 6.10 Å². The maximum atomic E-state index is 11.5. The summed E-state index contributed by atoms with van der Waals surface area (Å²) in [5.41, 5.74) is 0.797. The summed E-state index contributed by atoms with van der Waals surface area (Å²) in [4.78, 5) is 15.7. The number of aliphatic hydroxyl groups excluding tert-OH is 1. The minimum absolute atomic E-state index is 0.0377. The van der Waals surface area contributed by atoms with Crippen LogP contribution >= 0.6 is 11.3 Å². The molecule has 17 heavy (non-hydrogen) atoms. The van der Waals surface area contributed by atoms with Gasteiger partial charge in [-0.2, -0.15) is 0 Å². The normalized spacial score (nSPS) is 14.8. The lowest BCUT2D eigenvalue weighted by molar-refractivity contribution is -0.117. The molecule has 2 unspecified atom stereocenters. The van der Waals surface area contributed by atoms with E-state index in [0.29, 0.717) is 6.42 Å². The molecule has 1 amide bonds. The second-order valence-electron chi connectivity index (χ2n) is 4.12. The van der Waals surface area contributed by atoms with Crippen LogP contribution in [-0.2, 0) is 4.79 Å². The van der Waals surface area contributed by atoms with Gasteiger partial charge in [0.1, 0.15) is 0 Å². The van der Waals surface area contributed by atoms with Gasteiger partial charge in [-0.15, -0.1) is 11.3 Å². The molecular formula is C12H18N2O2S. The first-order valence-corrected chi connectivity index (χ1v) is 6.44. The number of hydrogen-bond acceptors (Lipinski definition) is 4. The molecule has 1 heterocycles. The van der Waals surface area contributed by atoms with Crippen LogP contribution < -0.4 is 5.32 Å². The van der Waals surface area contributed by atoms with E-state index in [0.717, 1.165) is 10.7 Å². The number of aromatic nitrogens is 1. The number of thiazole rings is 1. The standard InChI is InChI=1S/C12H18N2O2S/c1-8(6-9(2)15)13-12(16)5-4-11-7-17-10(3)14-11/h4-5,7-9,15H,6H2,1-3H3,(H,13,16)/b5-4+. The van der Waals surface area contributed by atoms with E-state index in [-0.39, 0.29) is 11.9 Å². The van der Waals surface area contributed by atoms with E-state index >= 15 is 0 Å². The van der Waals surface area contributed by atoms with Crippen LogP contribution in [0.25, 0.3) is 6.08 Å². The summed E-state index contributed by atoms with van der Waals surface area (Å²) in [7, 11) is 0. The number of amides is 1. The largest absolute Gasteiger partial charge is 0.393 e.